The van der Waals surface area contributed by atoms with Gasteiger partial charge in [-0.05, 0) is 37.5 Å². The van der Waals surface area contributed by atoms with Gasteiger partial charge in [0.25, 0.3) is 0 Å². The van der Waals surface area contributed by atoms with Gasteiger partial charge in [-0.1, -0.05) is 0 Å². The number of nitrogens with zero attached hydrogens (tertiary/aromatic N) is 1. The molecule has 1 aromatic carbocycles. The molecule has 0 aliphatic carbocycles. The van der Waals surface area contributed by atoms with Gasteiger partial charge in [-0.15, -0.1) is 0 Å². The first kappa shape index (κ1) is 14.7. The highest BCUT2D eigenvalue weighted by molar-refractivity contribution is 5.44. The van der Waals surface area contributed by atoms with E-state index in [2.05, 4.69) is 0 Å². The van der Waals surface area contributed by atoms with Crippen molar-refractivity contribution in [2.45, 2.75) is 31.5 Å². The average Bonchev–Trinajstić information content (AvgIpc) is 2.45. The van der Waals surface area contributed by atoms with Gasteiger partial charge in [0.1, 0.15) is 12.4 Å². The largest absolute Gasteiger partial charge is 0.491 e. The zero-order chi connectivity index (χ0) is 14.6. The first-order chi connectivity index (χ1) is 9.50. The van der Waals surface area contributed by atoms with Crippen molar-refractivity contribution in [3.05, 3.63) is 29.3 Å². The quantitative estimate of drug-likeness (QED) is 0.853. The van der Waals surface area contributed by atoms with Crippen LogP contribution in [0.4, 0.5) is 13.2 Å². The molecule has 3 nitrogen and oxygen atoms in total. The molecule has 1 atom stereocenters. The molecule has 2 rings (SSSR count). The van der Waals surface area contributed by atoms with Gasteiger partial charge < -0.3 is 9.47 Å². The minimum Gasteiger partial charge on any atom is -0.491 e. The summed E-state index contributed by atoms with van der Waals surface area (Å²) in [6.45, 7) is 0.973. The number of nitriles is 1. The number of rotatable bonds is 3. The number of halogens is 3. The van der Waals surface area contributed by atoms with Crippen LogP contribution in [0.3, 0.4) is 0 Å². The van der Waals surface area contributed by atoms with E-state index in [1.54, 1.807) is 6.07 Å². The van der Waals surface area contributed by atoms with E-state index >= 15 is 0 Å². The van der Waals surface area contributed by atoms with Crippen molar-refractivity contribution in [2.75, 3.05) is 13.2 Å². The first-order valence-corrected chi connectivity index (χ1v) is 6.36. The summed E-state index contributed by atoms with van der Waals surface area (Å²) in [6, 6.07) is 4.77. The number of hydrogen-bond acceptors (Lipinski definition) is 3. The van der Waals surface area contributed by atoms with Crippen molar-refractivity contribution in [3.63, 3.8) is 0 Å². The van der Waals surface area contributed by atoms with Gasteiger partial charge in [-0.2, -0.15) is 18.4 Å². The van der Waals surface area contributed by atoms with Gasteiger partial charge >= 0.3 is 6.18 Å². The third-order valence-electron chi connectivity index (χ3n) is 3.13. The van der Waals surface area contributed by atoms with Crippen LogP contribution in [0.5, 0.6) is 5.75 Å². The predicted octanol–water partition coefficient (Wildman–Crippen LogP) is 3.52. The zero-order valence-electron chi connectivity index (χ0n) is 10.7. The molecule has 20 heavy (non-hydrogen) atoms. The monoisotopic (exact) mass is 285 g/mol. The van der Waals surface area contributed by atoms with Gasteiger partial charge in [0, 0.05) is 6.61 Å². The molecule has 1 aromatic rings. The van der Waals surface area contributed by atoms with E-state index in [1.807, 2.05) is 0 Å². The Labute approximate surface area is 114 Å². The van der Waals surface area contributed by atoms with Crippen molar-refractivity contribution in [3.8, 4) is 11.8 Å². The fourth-order valence-electron chi connectivity index (χ4n) is 2.08. The molecule has 1 heterocycles. The van der Waals surface area contributed by atoms with E-state index in [9.17, 15) is 13.2 Å². The van der Waals surface area contributed by atoms with E-state index < -0.39 is 17.3 Å². The lowest BCUT2D eigenvalue weighted by atomic mass is 10.1. The molecule has 0 radical (unpaired) electrons. The third kappa shape index (κ3) is 3.64. The SMILES string of the molecule is N#Cc1cc(OCC2CCCCO2)ccc1C(F)(F)F. The summed E-state index contributed by atoms with van der Waals surface area (Å²) >= 11 is 0. The van der Waals surface area contributed by atoms with Gasteiger partial charge in [0.15, 0.2) is 0 Å². The molecule has 0 amide bonds. The van der Waals surface area contributed by atoms with Crippen molar-refractivity contribution in [1.82, 2.24) is 0 Å². The molecular weight excluding hydrogens is 271 g/mol. The molecule has 1 aliphatic heterocycles. The Hall–Kier alpha value is -1.74. The predicted molar refractivity (Wildman–Crippen MR) is 65.2 cm³/mol. The van der Waals surface area contributed by atoms with Crippen LogP contribution in [0.2, 0.25) is 0 Å². The summed E-state index contributed by atoms with van der Waals surface area (Å²) in [7, 11) is 0. The maximum Gasteiger partial charge on any atom is 0.417 e. The molecule has 6 heteroatoms. The lowest BCUT2D eigenvalue weighted by molar-refractivity contribution is -0.137. The Balaban J connectivity index is 2.04. The van der Waals surface area contributed by atoms with Crippen molar-refractivity contribution < 1.29 is 22.6 Å². The average molecular weight is 285 g/mol. The maximum absolute atomic E-state index is 12.6. The fourth-order valence-corrected chi connectivity index (χ4v) is 2.08. The lowest BCUT2D eigenvalue weighted by Crippen LogP contribution is -2.25. The zero-order valence-corrected chi connectivity index (χ0v) is 10.7. The standard InChI is InChI=1S/C14H14F3NO2/c15-14(16,17)13-5-4-11(7-10(13)8-18)20-9-12-3-1-2-6-19-12/h4-5,7,12H,1-3,6,9H2. The molecule has 1 fully saturated rings. The van der Waals surface area contributed by atoms with E-state index in [4.69, 9.17) is 14.7 Å². The van der Waals surface area contributed by atoms with Crippen molar-refractivity contribution >= 4 is 0 Å². The molecule has 0 bridgehead atoms. The van der Waals surface area contributed by atoms with E-state index in [0.29, 0.717) is 6.61 Å². The van der Waals surface area contributed by atoms with E-state index in [0.717, 1.165) is 31.4 Å². The molecule has 1 unspecified atom stereocenters. The molecule has 0 spiro atoms. The highest BCUT2D eigenvalue weighted by atomic mass is 19.4. The van der Waals surface area contributed by atoms with Crippen LogP contribution >= 0.6 is 0 Å². The molecule has 1 saturated heterocycles. The van der Waals surface area contributed by atoms with Crippen LogP contribution in [0, 0.1) is 11.3 Å². The molecular formula is C14H14F3NO2. The summed E-state index contributed by atoms with van der Waals surface area (Å²) < 4.78 is 48.8. The normalized spacial score (nSPS) is 19.4. The summed E-state index contributed by atoms with van der Waals surface area (Å²) in [6.07, 6.45) is -1.60. The van der Waals surface area contributed by atoms with Crippen LogP contribution < -0.4 is 4.74 Å². The van der Waals surface area contributed by atoms with Crippen LogP contribution in [0.1, 0.15) is 30.4 Å². The minimum atomic E-state index is -4.53. The number of ether oxygens (including phenoxy) is 2. The fraction of sp³-hybridized carbons (Fsp3) is 0.500. The van der Waals surface area contributed by atoms with Crippen LogP contribution in [-0.4, -0.2) is 19.3 Å². The van der Waals surface area contributed by atoms with Gasteiger partial charge in [-0.25, -0.2) is 0 Å². The number of alkyl halides is 3. The third-order valence-corrected chi connectivity index (χ3v) is 3.13. The highest BCUT2D eigenvalue weighted by Crippen LogP contribution is 2.33. The van der Waals surface area contributed by atoms with Gasteiger partial charge in [-0.3, -0.25) is 0 Å². The van der Waals surface area contributed by atoms with Crippen LogP contribution in [0.15, 0.2) is 18.2 Å². The molecule has 108 valence electrons. The van der Waals surface area contributed by atoms with E-state index in [-0.39, 0.29) is 18.5 Å². The second-order valence-electron chi connectivity index (χ2n) is 4.62. The second kappa shape index (κ2) is 6.14. The Bertz CT molecular complexity index is 502. The molecule has 0 saturated carbocycles. The topological polar surface area (TPSA) is 42.2 Å². The van der Waals surface area contributed by atoms with Crippen molar-refractivity contribution in [2.24, 2.45) is 0 Å². The highest BCUT2D eigenvalue weighted by Gasteiger charge is 2.33. The summed E-state index contributed by atoms with van der Waals surface area (Å²) in [4.78, 5) is 0. The number of hydrogen-bond donors (Lipinski definition) is 0. The summed E-state index contributed by atoms with van der Waals surface area (Å²) in [5.41, 5.74) is -1.37. The second-order valence-corrected chi connectivity index (χ2v) is 4.62. The summed E-state index contributed by atoms with van der Waals surface area (Å²) in [5, 5.41) is 8.79. The van der Waals surface area contributed by atoms with Crippen molar-refractivity contribution in [1.29, 1.82) is 5.26 Å². The maximum atomic E-state index is 12.6. The molecule has 0 aromatic heterocycles. The molecule has 0 N–H and O–H groups in total. The minimum absolute atomic E-state index is 0.0309. The van der Waals surface area contributed by atoms with Crippen LogP contribution in [-0.2, 0) is 10.9 Å². The lowest BCUT2D eigenvalue weighted by Gasteiger charge is -2.22. The summed E-state index contributed by atoms with van der Waals surface area (Å²) in [5.74, 6) is 0.253. The Morgan fingerprint density at radius 1 is 1.35 bits per heavy atom. The molecule has 1 aliphatic rings. The van der Waals surface area contributed by atoms with E-state index in [1.165, 1.54) is 6.07 Å². The Kier molecular flexibility index (Phi) is 4.50. The van der Waals surface area contributed by atoms with Gasteiger partial charge in [0.2, 0.25) is 0 Å². The Morgan fingerprint density at radius 2 is 2.15 bits per heavy atom. The van der Waals surface area contributed by atoms with Crippen LogP contribution in [0.25, 0.3) is 0 Å². The Morgan fingerprint density at radius 3 is 2.75 bits per heavy atom. The first-order valence-electron chi connectivity index (χ1n) is 6.36. The van der Waals surface area contributed by atoms with Gasteiger partial charge in [0.05, 0.1) is 23.3 Å². The smallest absolute Gasteiger partial charge is 0.417 e. The number of benzene rings is 1.